The molecule has 0 saturated carbocycles. The van der Waals surface area contributed by atoms with Crippen LogP contribution >= 0.6 is 0 Å². The maximum atomic E-state index is 5.14. The SMILES string of the molecule is COC(CNc1cccc(Cn2cccn2)c1)OC. The van der Waals surface area contributed by atoms with E-state index in [1.54, 1.807) is 20.4 Å². The van der Waals surface area contributed by atoms with Crippen molar-refractivity contribution in [2.75, 3.05) is 26.1 Å². The third-order valence-electron chi connectivity index (χ3n) is 2.83. The van der Waals surface area contributed by atoms with Gasteiger partial charge in [-0.3, -0.25) is 4.68 Å². The van der Waals surface area contributed by atoms with Crippen LogP contribution in [0.15, 0.2) is 42.7 Å². The van der Waals surface area contributed by atoms with Gasteiger partial charge in [0.1, 0.15) is 0 Å². The van der Waals surface area contributed by atoms with Gasteiger partial charge in [-0.05, 0) is 23.8 Å². The molecule has 1 aromatic carbocycles. The Kier molecular flexibility index (Phi) is 4.94. The summed E-state index contributed by atoms with van der Waals surface area (Å²) in [5.41, 5.74) is 2.24. The Morgan fingerprint density at radius 3 is 2.79 bits per heavy atom. The third kappa shape index (κ3) is 4.08. The smallest absolute Gasteiger partial charge is 0.173 e. The molecule has 0 saturated heterocycles. The largest absolute Gasteiger partial charge is 0.380 e. The van der Waals surface area contributed by atoms with E-state index in [1.807, 2.05) is 29.1 Å². The van der Waals surface area contributed by atoms with Crippen LogP contribution < -0.4 is 5.32 Å². The Bertz CT molecular complexity index is 481. The molecule has 5 nitrogen and oxygen atoms in total. The van der Waals surface area contributed by atoms with Gasteiger partial charge in [-0.15, -0.1) is 0 Å². The van der Waals surface area contributed by atoms with Crippen molar-refractivity contribution in [3.05, 3.63) is 48.3 Å². The number of aromatic nitrogens is 2. The fourth-order valence-corrected chi connectivity index (χ4v) is 1.82. The van der Waals surface area contributed by atoms with Gasteiger partial charge in [0.2, 0.25) is 0 Å². The van der Waals surface area contributed by atoms with Gasteiger partial charge in [-0.2, -0.15) is 5.10 Å². The summed E-state index contributed by atoms with van der Waals surface area (Å²) in [4.78, 5) is 0. The number of nitrogens with one attached hydrogen (secondary N) is 1. The molecule has 0 aliphatic heterocycles. The summed E-state index contributed by atoms with van der Waals surface area (Å²) in [5.74, 6) is 0. The van der Waals surface area contributed by atoms with Crippen LogP contribution in [0.3, 0.4) is 0 Å². The highest BCUT2D eigenvalue weighted by Crippen LogP contribution is 2.12. The fraction of sp³-hybridized carbons (Fsp3) is 0.357. The Morgan fingerprint density at radius 1 is 1.26 bits per heavy atom. The number of benzene rings is 1. The fourth-order valence-electron chi connectivity index (χ4n) is 1.82. The summed E-state index contributed by atoms with van der Waals surface area (Å²) in [7, 11) is 3.26. The molecule has 0 amide bonds. The predicted octanol–water partition coefficient (Wildman–Crippen LogP) is 1.96. The average Bonchev–Trinajstić information content (AvgIpc) is 2.93. The first kappa shape index (κ1) is 13.6. The summed E-state index contributed by atoms with van der Waals surface area (Å²) in [6.07, 6.45) is 3.49. The normalized spacial score (nSPS) is 10.9. The van der Waals surface area contributed by atoms with Crippen LogP contribution in [0, 0.1) is 0 Å². The maximum absolute atomic E-state index is 5.14. The van der Waals surface area contributed by atoms with E-state index in [0.29, 0.717) is 6.54 Å². The van der Waals surface area contributed by atoms with Crippen LogP contribution in [0.1, 0.15) is 5.56 Å². The molecule has 0 atom stereocenters. The lowest BCUT2D eigenvalue weighted by atomic mass is 10.2. The molecular weight excluding hydrogens is 242 g/mol. The van der Waals surface area contributed by atoms with E-state index in [1.165, 1.54) is 5.56 Å². The number of methoxy groups -OCH3 is 2. The molecule has 2 rings (SSSR count). The van der Waals surface area contributed by atoms with Crippen molar-refractivity contribution in [3.8, 4) is 0 Å². The van der Waals surface area contributed by atoms with E-state index in [9.17, 15) is 0 Å². The second kappa shape index (κ2) is 6.92. The molecule has 0 fully saturated rings. The van der Waals surface area contributed by atoms with Gasteiger partial charge in [0.05, 0.1) is 13.1 Å². The Morgan fingerprint density at radius 2 is 2.11 bits per heavy atom. The second-order valence-corrected chi connectivity index (χ2v) is 4.19. The molecule has 0 unspecified atom stereocenters. The standard InChI is InChI=1S/C14H19N3O2/c1-18-14(19-2)10-15-13-6-3-5-12(9-13)11-17-8-4-7-16-17/h3-9,14-15H,10-11H2,1-2H3. The number of hydrogen-bond donors (Lipinski definition) is 1. The van der Waals surface area contributed by atoms with Crippen molar-refractivity contribution in [2.45, 2.75) is 12.8 Å². The molecule has 0 radical (unpaired) electrons. The molecule has 1 N–H and O–H groups in total. The minimum absolute atomic E-state index is 0.241. The van der Waals surface area contributed by atoms with Gasteiger partial charge in [0, 0.05) is 32.3 Å². The first-order chi connectivity index (χ1) is 9.31. The van der Waals surface area contributed by atoms with E-state index >= 15 is 0 Å². The highest BCUT2D eigenvalue weighted by Gasteiger charge is 2.04. The number of ether oxygens (including phenoxy) is 2. The third-order valence-corrected chi connectivity index (χ3v) is 2.83. The zero-order valence-electron chi connectivity index (χ0n) is 11.2. The predicted molar refractivity (Wildman–Crippen MR) is 74.1 cm³/mol. The zero-order valence-corrected chi connectivity index (χ0v) is 11.2. The molecular formula is C14H19N3O2. The van der Waals surface area contributed by atoms with Crippen LogP contribution in [0.25, 0.3) is 0 Å². The Hall–Kier alpha value is -1.85. The van der Waals surface area contributed by atoms with E-state index in [4.69, 9.17) is 9.47 Å². The van der Waals surface area contributed by atoms with Gasteiger partial charge >= 0.3 is 0 Å². The molecule has 0 spiro atoms. The van der Waals surface area contributed by atoms with Gasteiger partial charge in [0.15, 0.2) is 6.29 Å². The summed E-state index contributed by atoms with van der Waals surface area (Å²) in [6, 6.07) is 10.1. The molecule has 102 valence electrons. The molecule has 19 heavy (non-hydrogen) atoms. The molecule has 0 aliphatic carbocycles. The topological polar surface area (TPSA) is 48.3 Å². The summed E-state index contributed by atoms with van der Waals surface area (Å²) in [5, 5.41) is 7.49. The van der Waals surface area contributed by atoms with Crippen LogP contribution in [-0.2, 0) is 16.0 Å². The molecule has 0 aliphatic rings. The quantitative estimate of drug-likeness (QED) is 0.774. The lowest BCUT2D eigenvalue weighted by molar-refractivity contribution is -0.0914. The molecule has 5 heteroatoms. The van der Waals surface area contributed by atoms with Crippen LogP contribution in [-0.4, -0.2) is 36.8 Å². The van der Waals surface area contributed by atoms with E-state index in [-0.39, 0.29) is 6.29 Å². The minimum Gasteiger partial charge on any atom is -0.380 e. The second-order valence-electron chi connectivity index (χ2n) is 4.19. The lowest BCUT2D eigenvalue weighted by Gasteiger charge is -2.15. The highest BCUT2D eigenvalue weighted by atomic mass is 16.7. The monoisotopic (exact) mass is 261 g/mol. The number of nitrogens with zero attached hydrogens (tertiary/aromatic N) is 2. The van der Waals surface area contributed by atoms with E-state index < -0.39 is 0 Å². The molecule has 1 heterocycles. The lowest BCUT2D eigenvalue weighted by Crippen LogP contribution is -2.23. The van der Waals surface area contributed by atoms with Crippen molar-refractivity contribution >= 4 is 5.69 Å². The molecule has 2 aromatic rings. The van der Waals surface area contributed by atoms with Crippen LogP contribution in [0.5, 0.6) is 0 Å². The first-order valence-electron chi connectivity index (χ1n) is 6.17. The maximum Gasteiger partial charge on any atom is 0.173 e. The number of anilines is 1. The first-order valence-corrected chi connectivity index (χ1v) is 6.17. The Balaban J connectivity index is 1.95. The highest BCUT2D eigenvalue weighted by molar-refractivity contribution is 5.45. The molecule has 1 aromatic heterocycles. The van der Waals surface area contributed by atoms with Gasteiger partial charge < -0.3 is 14.8 Å². The summed E-state index contributed by atoms with van der Waals surface area (Å²) in [6.45, 7) is 1.37. The average molecular weight is 261 g/mol. The van der Waals surface area contributed by atoms with E-state index in [0.717, 1.165) is 12.2 Å². The van der Waals surface area contributed by atoms with Crippen molar-refractivity contribution in [2.24, 2.45) is 0 Å². The minimum atomic E-state index is -0.241. The van der Waals surface area contributed by atoms with Crippen LogP contribution in [0.4, 0.5) is 5.69 Å². The van der Waals surface area contributed by atoms with Crippen LogP contribution in [0.2, 0.25) is 0 Å². The van der Waals surface area contributed by atoms with Crippen molar-refractivity contribution in [1.82, 2.24) is 9.78 Å². The van der Waals surface area contributed by atoms with Gasteiger partial charge in [-0.1, -0.05) is 12.1 Å². The summed E-state index contributed by atoms with van der Waals surface area (Å²) >= 11 is 0. The van der Waals surface area contributed by atoms with Crippen molar-refractivity contribution in [3.63, 3.8) is 0 Å². The van der Waals surface area contributed by atoms with Gasteiger partial charge in [0.25, 0.3) is 0 Å². The zero-order chi connectivity index (χ0) is 13.5. The molecule has 0 bridgehead atoms. The number of rotatable bonds is 7. The van der Waals surface area contributed by atoms with E-state index in [2.05, 4.69) is 22.5 Å². The van der Waals surface area contributed by atoms with Crippen molar-refractivity contribution in [1.29, 1.82) is 0 Å². The summed E-state index contributed by atoms with van der Waals surface area (Å²) < 4.78 is 12.2. The van der Waals surface area contributed by atoms with Crippen molar-refractivity contribution < 1.29 is 9.47 Å². The van der Waals surface area contributed by atoms with Gasteiger partial charge in [-0.25, -0.2) is 0 Å². The Labute approximate surface area is 113 Å². The number of hydrogen-bond acceptors (Lipinski definition) is 4.